The van der Waals surface area contributed by atoms with Crippen molar-refractivity contribution in [1.29, 1.82) is 0 Å². The fourth-order valence-electron chi connectivity index (χ4n) is 0. The summed E-state index contributed by atoms with van der Waals surface area (Å²) in [4.78, 5) is 0. The minimum absolute atomic E-state index is 0. The van der Waals surface area contributed by atoms with E-state index in [9.17, 15) is 0 Å². The second kappa shape index (κ2) is 26.8. The molecule has 0 spiro atoms. The Kier molecular flexibility index (Phi) is 221. The van der Waals surface area contributed by atoms with Crippen LogP contribution < -0.4 is 0 Å². The molecule has 0 aliphatic carbocycles. The van der Waals surface area contributed by atoms with Gasteiger partial charge in [0.05, 0.1) is 0 Å². The molecule has 0 aromatic heterocycles. The summed E-state index contributed by atoms with van der Waals surface area (Å²) in [6, 6.07) is 0. The molecule has 0 aromatic carbocycles. The van der Waals surface area contributed by atoms with E-state index in [2.05, 4.69) is 0 Å². The first-order valence-corrected chi connectivity index (χ1v) is 0. The molecule has 0 nitrogen and oxygen atoms in total. The molecule has 0 rings (SSSR count). The monoisotopic (exact) mass is 207 g/mol. The molecule has 1 radical (unpaired) electrons. The van der Waals surface area contributed by atoms with Gasteiger partial charge in [-0.05, 0) is 11.0 Å². The molecule has 0 saturated heterocycles. The number of rotatable bonds is 0. The second-order valence-corrected chi connectivity index (χ2v) is 0. The molecule has 0 aliphatic rings. The van der Waals surface area contributed by atoms with Crippen LogP contribution in [-0.4, -0.2) is 66.1 Å². The molecule has 0 N–H and O–H groups in total. The van der Waals surface area contributed by atoms with Crippen LogP contribution in [0.3, 0.4) is 0 Å². The fourth-order valence-corrected chi connectivity index (χ4v) is 0. The molecule has 5 heteroatoms. The van der Waals surface area contributed by atoms with Gasteiger partial charge < -0.3 is 0 Å². The molecule has 0 heterocycles. The van der Waals surface area contributed by atoms with Gasteiger partial charge in [-0.15, -0.1) is 0 Å². The smallest absolute Gasteiger partial charge is 0 e. The van der Waals surface area contributed by atoms with Crippen LogP contribution in [-0.2, 0) is 38.8 Å². The molecule has 29 valence electrons. The van der Waals surface area contributed by atoms with Crippen LogP contribution in [0.1, 0.15) is 0 Å². The Labute approximate surface area is 103 Å². The first kappa shape index (κ1) is 41.1. The minimum atomic E-state index is 0. The SMILES string of the molecule is [AlH3].[CaH2].[Mn].[SiH4].[Ti]. The van der Waals surface area contributed by atoms with Gasteiger partial charge in [-0.3, -0.25) is 0 Å². The molecule has 0 unspecified atom stereocenters. The van der Waals surface area contributed by atoms with Crippen LogP contribution >= 0.6 is 0 Å². The average molecular weight is 207 g/mol. The van der Waals surface area contributed by atoms with Crippen molar-refractivity contribution in [2.45, 2.75) is 0 Å². The van der Waals surface area contributed by atoms with Crippen LogP contribution in [0, 0.1) is 0 Å². The molecular weight excluding hydrogens is 198 g/mol. The Morgan fingerprint density at radius 2 is 1.00 bits per heavy atom. The van der Waals surface area contributed by atoms with Gasteiger partial charge in [-0.2, -0.15) is 0 Å². The van der Waals surface area contributed by atoms with Gasteiger partial charge in [0, 0.05) is 38.8 Å². The fraction of sp³-hybridized carbons (Fsp3) is 0. The van der Waals surface area contributed by atoms with Crippen LogP contribution in [0.25, 0.3) is 0 Å². The van der Waals surface area contributed by atoms with E-state index >= 15 is 0 Å². The topological polar surface area (TPSA) is 0 Å². The molecule has 0 atom stereocenters. The van der Waals surface area contributed by atoms with Crippen LogP contribution in [0.2, 0.25) is 0 Å². The third kappa shape index (κ3) is 18.9. The molecule has 0 saturated carbocycles. The van der Waals surface area contributed by atoms with Crippen molar-refractivity contribution >= 4 is 66.1 Å². The number of hydrogen-bond acceptors (Lipinski definition) is 0. The molecule has 0 bridgehead atoms. The Bertz CT molecular complexity index is 11.6. The van der Waals surface area contributed by atoms with Gasteiger partial charge in [-0.25, -0.2) is 0 Å². The summed E-state index contributed by atoms with van der Waals surface area (Å²) in [6.07, 6.45) is 0. The van der Waals surface area contributed by atoms with Crippen LogP contribution in [0.4, 0.5) is 0 Å². The maximum absolute atomic E-state index is 0. The van der Waals surface area contributed by atoms with Crippen molar-refractivity contribution < 1.29 is 38.8 Å². The zero-order chi connectivity index (χ0) is 0. The predicted octanol–water partition coefficient (Wildman–Crippen LogP) is -3.56. The quantitative estimate of drug-likeness (QED) is 0.361. The van der Waals surface area contributed by atoms with E-state index in [1.807, 2.05) is 0 Å². The van der Waals surface area contributed by atoms with Crippen molar-refractivity contribution in [1.82, 2.24) is 0 Å². The van der Waals surface area contributed by atoms with E-state index < -0.39 is 0 Å². The zero-order valence-electron chi connectivity index (χ0n) is 0.878. The molecule has 0 fully saturated rings. The summed E-state index contributed by atoms with van der Waals surface area (Å²) in [5, 5.41) is 0. The molecule has 0 aromatic rings. The summed E-state index contributed by atoms with van der Waals surface area (Å²) < 4.78 is 0. The summed E-state index contributed by atoms with van der Waals surface area (Å²) in [6.45, 7) is 0. The van der Waals surface area contributed by atoms with E-state index in [4.69, 9.17) is 0 Å². The maximum Gasteiger partial charge on any atom is 0 e. The van der Waals surface area contributed by atoms with E-state index in [0.717, 1.165) is 0 Å². The maximum atomic E-state index is 0. The first-order chi connectivity index (χ1) is 0. The van der Waals surface area contributed by atoms with E-state index in [0.29, 0.717) is 0 Å². The zero-order valence-corrected chi connectivity index (χ0v) is 3.62. The summed E-state index contributed by atoms with van der Waals surface area (Å²) >= 11 is 0. The van der Waals surface area contributed by atoms with Crippen LogP contribution in [0.5, 0.6) is 0 Å². The molecule has 5 heavy (non-hydrogen) atoms. The van der Waals surface area contributed by atoms with Crippen molar-refractivity contribution in [2.75, 3.05) is 0 Å². The Balaban J connectivity index is 0. The molecular formula is H9AlCaMnSiTi. The largest absolute Gasteiger partial charge is 0.0149 e. The predicted molar refractivity (Wildman–Crippen MR) is 29.8 cm³/mol. The molecule has 0 aliphatic heterocycles. The number of hydrogen-bond donors (Lipinski definition) is 0. The summed E-state index contributed by atoms with van der Waals surface area (Å²) in [7, 11) is 0. The van der Waals surface area contributed by atoms with E-state index in [1.54, 1.807) is 0 Å². The van der Waals surface area contributed by atoms with Gasteiger partial charge in [-0.1, -0.05) is 0 Å². The third-order valence-corrected chi connectivity index (χ3v) is 0. The van der Waals surface area contributed by atoms with Crippen molar-refractivity contribution in [3.05, 3.63) is 0 Å². The second-order valence-electron chi connectivity index (χ2n) is 0. The Morgan fingerprint density at radius 3 is 1.00 bits per heavy atom. The standard InChI is InChI=1S/Al.Ca.Mn.H4Si.Ti.5H/h;;;1H4;;;;;;. The van der Waals surface area contributed by atoms with Crippen molar-refractivity contribution in [3.63, 3.8) is 0 Å². The average Bonchev–Trinajstić information content (AvgIpc) is 0. The van der Waals surface area contributed by atoms with Gasteiger partial charge in [0.1, 0.15) is 0 Å². The van der Waals surface area contributed by atoms with E-state index in [-0.39, 0.29) is 105 Å². The minimum Gasteiger partial charge on any atom is -0.0149 e. The normalized spacial score (nSPS) is 0. The van der Waals surface area contributed by atoms with Gasteiger partial charge in [0.25, 0.3) is 0 Å². The van der Waals surface area contributed by atoms with Gasteiger partial charge in [0.2, 0.25) is 0 Å². The van der Waals surface area contributed by atoms with Crippen molar-refractivity contribution in [3.8, 4) is 0 Å². The first-order valence-electron chi connectivity index (χ1n) is 0. The van der Waals surface area contributed by atoms with E-state index in [1.165, 1.54) is 0 Å². The Morgan fingerprint density at radius 1 is 1.00 bits per heavy atom. The van der Waals surface area contributed by atoms with Gasteiger partial charge >= 0.3 is 37.7 Å². The third-order valence-electron chi connectivity index (χ3n) is 0. The van der Waals surface area contributed by atoms with Crippen LogP contribution in [0.15, 0.2) is 0 Å². The van der Waals surface area contributed by atoms with Crippen molar-refractivity contribution in [2.24, 2.45) is 0 Å². The summed E-state index contributed by atoms with van der Waals surface area (Å²) in [5.41, 5.74) is 0. The molecule has 0 amide bonds. The summed E-state index contributed by atoms with van der Waals surface area (Å²) in [5.74, 6) is 0. The Hall–Kier alpha value is 3.24. The van der Waals surface area contributed by atoms with Gasteiger partial charge in [0.15, 0.2) is 17.4 Å².